The van der Waals surface area contributed by atoms with Gasteiger partial charge >= 0.3 is 11.9 Å². The van der Waals surface area contributed by atoms with Gasteiger partial charge in [-0.25, -0.2) is 0 Å². The van der Waals surface area contributed by atoms with E-state index in [-0.39, 0.29) is 0 Å². The number of nitrogens with one attached hydrogen (secondary N) is 1. The van der Waals surface area contributed by atoms with Crippen LogP contribution in [0.2, 0.25) is 0 Å². The van der Waals surface area contributed by atoms with E-state index >= 15 is 0 Å². The quantitative estimate of drug-likeness (QED) is 0.492. The number of rotatable bonds is 6. The van der Waals surface area contributed by atoms with Gasteiger partial charge in [-0.15, -0.1) is 0 Å². The van der Waals surface area contributed by atoms with E-state index in [4.69, 9.17) is 10.2 Å². The third-order valence-corrected chi connectivity index (χ3v) is 1.49. The Labute approximate surface area is 90.8 Å². The normalized spacial score (nSPS) is 9.31. The molecule has 8 heteroatoms. The summed E-state index contributed by atoms with van der Waals surface area (Å²) in [6.07, 6.45) is 0. The second-order valence-corrected chi connectivity index (χ2v) is 2.95. The van der Waals surface area contributed by atoms with E-state index in [9.17, 15) is 19.2 Å². The lowest BCUT2D eigenvalue weighted by Gasteiger charge is -2.18. The number of nitrogens with zero attached hydrogens (tertiary/aromatic N) is 1. The standard InChI is InChI=1S/C8H12N2O6/c1-5(11)9-2-6(12)10(3-7(13)14)4-8(15)16/h2-4H2,1H3,(H,9,11)(H,13,14)(H,15,16). The van der Waals surface area contributed by atoms with Crippen molar-refractivity contribution in [3.63, 3.8) is 0 Å². The maximum absolute atomic E-state index is 11.3. The number of amides is 2. The van der Waals surface area contributed by atoms with Crippen LogP contribution in [-0.2, 0) is 19.2 Å². The van der Waals surface area contributed by atoms with Gasteiger partial charge in [0.15, 0.2) is 0 Å². The van der Waals surface area contributed by atoms with Crippen LogP contribution in [0.1, 0.15) is 6.92 Å². The van der Waals surface area contributed by atoms with E-state index in [1.807, 2.05) is 0 Å². The minimum absolute atomic E-state index is 0.421. The minimum atomic E-state index is -1.32. The SMILES string of the molecule is CC(=O)NCC(=O)N(CC(=O)O)CC(=O)O. The minimum Gasteiger partial charge on any atom is -0.480 e. The van der Waals surface area contributed by atoms with Gasteiger partial charge in [0.25, 0.3) is 0 Å². The van der Waals surface area contributed by atoms with Gasteiger partial charge in [-0.2, -0.15) is 0 Å². The predicted octanol–water partition coefficient (Wildman–Crippen LogP) is -1.88. The molecule has 2 amide bonds. The summed E-state index contributed by atoms with van der Waals surface area (Å²) in [6.45, 7) is -0.669. The molecule has 0 spiro atoms. The Morgan fingerprint density at radius 3 is 1.81 bits per heavy atom. The Morgan fingerprint density at radius 1 is 1.06 bits per heavy atom. The van der Waals surface area contributed by atoms with Crippen LogP contribution in [0.15, 0.2) is 0 Å². The van der Waals surface area contributed by atoms with Crippen molar-refractivity contribution in [1.82, 2.24) is 10.2 Å². The molecule has 0 bridgehead atoms. The lowest BCUT2D eigenvalue weighted by Crippen LogP contribution is -2.44. The molecule has 3 N–H and O–H groups in total. The molecule has 0 radical (unpaired) electrons. The van der Waals surface area contributed by atoms with Crippen LogP contribution >= 0.6 is 0 Å². The summed E-state index contributed by atoms with van der Waals surface area (Å²) in [5.41, 5.74) is 0. The fourth-order valence-electron chi connectivity index (χ4n) is 0.871. The average Bonchev–Trinajstić information content (AvgIpc) is 2.11. The predicted molar refractivity (Wildman–Crippen MR) is 50.5 cm³/mol. The molecular weight excluding hydrogens is 220 g/mol. The summed E-state index contributed by atoms with van der Waals surface area (Å²) in [5.74, 6) is -3.87. The second kappa shape index (κ2) is 6.38. The van der Waals surface area contributed by atoms with E-state index in [2.05, 4.69) is 5.32 Å². The second-order valence-electron chi connectivity index (χ2n) is 2.95. The molecule has 0 saturated carbocycles. The van der Waals surface area contributed by atoms with Crippen molar-refractivity contribution in [3.8, 4) is 0 Å². The van der Waals surface area contributed by atoms with Crippen LogP contribution in [-0.4, -0.2) is 58.5 Å². The van der Waals surface area contributed by atoms with Crippen LogP contribution in [0.5, 0.6) is 0 Å². The van der Waals surface area contributed by atoms with E-state index in [1.165, 1.54) is 6.92 Å². The van der Waals surface area contributed by atoms with E-state index in [1.54, 1.807) is 0 Å². The Hall–Kier alpha value is -2.12. The fourth-order valence-corrected chi connectivity index (χ4v) is 0.871. The van der Waals surface area contributed by atoms with Crippen molar-refractivity contribution in [2.24, 2.45) is 0 Å². The molecule has 0 unspecified atom stereocenters. The first-order chi connectivity index (χ1) is 7.32. The number of hydrogen-bond acceptors (Lipinski definition) is 4. The first kappa shape index (κ1) is 13.9. The van der Waals surface area contributed by atoms with Crippen molar-refractivity contribution in [2.75, 3.05) is 19.6 Å². The number of carbonyl (C=O) groups excluding carboxylic acids is 2. The van der Waals surface area contributed by atoms with Crippen molar-refractivity contribution in [1.29, 1.82) is 0 Å². The molecule has 0 fully saturated rings. The molecule has 0 saturated heterocycles. The molecule has 0 heterocycles. The van der Waals surface area contributed by atoms with Gasteiger partial charge < -0.3 is 20.4 Å². The molecule has 16 heavy (non-hydrogen) atoms. The fraction of sp³-hybridized carbons (Fsp3) is 0.500. The summed E-state index contributed by atoms with van der Waals surface area (Å²) in [4.78, 5) is 43.1. The highest BCUT2D eigenvalue weighted by molar-refractivity contribution is 5.88. The molecule has 8 nitrogen and oxygen atoms in total. The maximum atomic E-state index is 11.3. The summed E-state index contributed by atoms with van der Waals surface area (Å²) in [6, 6.07) is 0. The number of carboxylic acids is 2. The highest BCUT2D eigenvalue weighted by Crippen LogP contribution is 1.90. The third-order valence-electron chi connectivity index (χ3n) is 1.49. The molecule has 0 aromatic carbocycles. The summed E-state index contributed by atoms with van der Waals surface area (Å²) < 4.78 is 0. The molecule has 0 aliphatic heterocycles. The van der Waals surface area contributed by atoms with E-state index in [0.717, 1.165) is 0 Å². The lowest BCUT2D eigenvalue weighted by molar-refractivity contribution is -0.149. The van der Waals surface area contributed by atoms with Gasteiger partial charge in [0.1, 0.15) is 13.1 Å². The van der Waals surface area contributed by atoms with Crippen molar-refractivity contribution in [3.05, 3.63) is 0 Å². The molecule has 0 atom stereocenters. The van der Waals surface area contributed by atoms with E-state index in [0.29, 0.717) is 4.90 Å². The largest absolute Gasteiger partial charge is 0.480 e. The van der Waals surface area contributed by atoms with Crippen LogP contribution < -0.4 is 5.32 Å². The first-order valence-electron chi connectivity index (χ1n) is 4.28. The summed E-state index contributed by atoms with van der Waals surface area (Å²) >= 11 is 0. The smallest absolute Gasteiger partial charge is 0.323 e. The molecule has 0 aliphatic rings. The van der Waals surface area contributed by atoms with Gasteiger partial charge in [-0.1, -0.05) is 0 Å². The molecular formula is C8H12N2O6. The van der Waals surface area contributed by atoms with Crippen LogP contribution in [0, 0.1) is 0 Å². The molecule has 0 aliphatic carbocycles. The zero-order chi connectivity index (χ0) is 12.7. The van der Waals surface area contributed by atoms with Crippen molar-refractivity contribution < 1.29 is 29.4 Å². The average molecular weight is 232 g/mol. The zero-order valence-electron chi connectivity index (χ0n) is 8.60. The van der Waals surface area contributed by atoms with Gasteiger partial charge in [-0.3, -0.25) is 19.2 Å². The highest BCUT2D eigenvalue weighted by Gasteiger charge is 2.19. The van der Waals surface area contributed by atoms with Crippen molar-refractivity contribution >= 4 is 23.8 Å². The Bertz CT molecular complexity index is 298. The molecule has 0 aromatic heterocycles. The van der Waals surface area contributed by atoms with Crippen LogP contribution in [0.25, 0.3) is 0 Å². The van der Waals surface area contributed by atoms with Gasteiger partial charge in [-0.05, 0) is 0 Å². The summed E-state index contributed by atoms with van der Waals surface area (Å²) in [5, 5.41) is 19.1. The monoisotopic (exact) mass is 232 g/mol. The van der Waals surface area contributed by atoms with Crippen LogP contribution in [0.3, 0.4) is 0 Å². The third kappa shape index (κ3) is 6.35. The molecule has 0 rings (SSSR count). The first-order valence-corrected chi connectivity index (χ1v) is 4.28. The lowest BCUT2D eigenvalue weighted by atomic mass is 10.4. The van der Waals surface area contributed by atoms with Gasteiger partial charge in [0, 0.05) is 6.92 Å². The van der Waals surface area contributed by atoms with E-state index < -0.39 is 43.4 Å². The number of hydrogen-bond donors (Lipinski definition) is 3. The number of carboxylic acid groups (broad SMARTS) is 2. The van der Waals surface area contributed by atoms with Crippen LogP contribution in [0.4, 0.5) is 0 Å². The van der Waals surface area contributed by atoms with Gasteiger partial charge in [0.05, 0.1) is 6.54 Å². The maximum Gasteiger partial charge on any atom is 0.323 e. The zero-order valence-corrected chi connectivity index (χ0v) is 8.60. The Kier molecular flexibility index (Phi) is 5.53. The Morgan fingerprint density at radius 2 is 1.50 bits per heavy atom. The molecule has 90 valence electrons. The number of carbonyl (C=O) groups is 4. The van der Waals surface area contributed by atoms with Gasteiger partial charge in [0.2, 0.25) is 11.8 Å². The molecule has 0 aromatic rings. The summed E-state index contributed by atoms with van der Waals surface area (Å²) in [7, 11) is 0. The highest BCUT2D eigenvalue weighted by atomic mass is 16.4. The number of aliphatic carboxylic acids is 2. The topological polar surface area (TPSA) is 124 Å². The van der Waals surface area contributed by atoms with Crippen molar-refractivity contribution in [2.45, 2.75) is 6.92 Å². The Balaban J connectivity index is 4.36.